The minimum atomic E-state index is -1.46. The predicted molar refractivity (Wildman–Crippen MR) is 112 cm³/mol. The van der Waals surface area contributed by atoms with Crippen LogP contribution in [0.1, 0.15) is 17.0 Å². The fourth-order valence-electron chi connectivity index (χ4n) is 2.48. The number of benzene rings is 2. The van der Waals surface area contributed by atoms with Crippen LogP contribution < -0.4 is 9.47 Å². The van der Waals surface area contributed by atoms with E-state index in [1.165, 1.54) is 0 Å². The molecule has 0 aliphatic rings. The van der Waals surface area contributed by atoms with Crippen LogP contribution in [0.3, 0.4) is 0 Å². The average Bonchev–Trinajstić information content (AvgIpc) is 2.70. The second-order valence-electron chi connectivity index (χ2n) is 5.55. The van der Waals surface area contributed by atoms with Crippen LogP contribution in [0.25, 0.3) is 0 Å². The van der Waals surface area contributed by atoms with E-state index in [4.69, 9.17) is 44.3 Å². The molecule has 3 nitrogen and oxygen atoms in total. The maximum atomic E-state index is 6.18. The Morgan fingerprint density at radius 2 is 1.11 bits per heavy atom. The quantitative estimate of drug-likeness (QED) is 0.461. The van der Waals surface area contributed by atoms with Gasteiger partial charge in [-0.3, -0.25) is 4.98 Å². The van der Waals surface area contributed by atoms with E-state index in [2.05, 4.69) is 4.98 Å². The Balaban J connectivity index is 0.000000369. The molecule has 27 heavy (non-hydrogen) atoms. The zero-order chi connectivity index (χ0) is 19.7. The van der Waals surface area contributed by atoms with Crippen molar-refractivity contribution in [1.29, 1.82) is 0 Å². The SMILES string of the molecule is COc1ccc(C(c2ccc(OC)cc2)C(Cl)(Cl)Cl)cc1.c1ccncc1. The lowest BCUT2D eigenvalue weighted by atomic mass is 9.92. The molecule has 0 atom stereocenters. The van der Waals surface area contributed by atoms with Crippen molar-refractivity contribution < 1.29 is 9.47 Å². The van der Waals surface area contributed by atoms with Gasteiger partial charge in [0.05, 0.1) is 20.1 Å². The van der Waals surface area contributed by atoms with Crippen molar-refractivity contribution >= 4 is 34.8 Å². The van der Waals surface area contributed by atoms with Crippen molar-refractivity contribution in [3.05, 3.63) is 90.3 Å². The molecule has 142 valence electrons. The van der Waals surface area contributed by atoms with Crippen LogP contribution in [0.4, 0.5) is 0 Å². The highest BCUT2D eigenvalue weighted by Gasteiger charge is 2.35. The molecular weight excluding hydrogens is 405 g/mol. The first-order valence-corrected chi connectivity index (χ1v) is 9.28. The molecule has 0 bridgehead atoms. The van der Waals surface area contributed by atoms with Gasteiger partial charge in [0.25, 0.3) is 0 Å². The lowest BCUT2D eigenvalue weighted by molar-refractivity contribution is 0.414. The molecule has 0 N–H and O–H groups in total. The number of alkyl halides is 3. The van der Waals surface area contributed by atoms with Crippen LogP contribution >= 0.6 is 34.8 Å². The van der Waals surface area contributed by atoms with E-state index in [1.54, 1.807) is 26.6 Å². The molecule has 3 rings (SSSR count). The van der Waals surface area contributed by atoms with Crippen LogP contribution in [0.15, 0.2) is 79.1 Å². The van der Waals surface area contributed by atoms with Gasteiger partial charge in [-0.2, -0.15) is 0 Å². The van der Waals surface area contributed by atoms with Gasteiger partial charge in [0, 0.05) is 12.4 Å². The summed E-state index contributed by atoms with van der Waals surface area (Å²) in [5, 5.41) is 0. The molecule has 0 spiro atoms. The first-order valence-electron chi connectivity index (χ1n) is 8.15. The third-order valence-corrected chi connectivity index (χ3v) is 4.45. The predicted octanol–water partition coefficient (Wildman–Crippen LogP) is 6.29. The van der Waals surface area contributed by atoms with Gasteiger partial charge >= 0.3 is 0 Å². The van der Waals surface area contributed by atoms with Gasteiger partial charge in [0.2, 0.25) is 3.79 Å². The van der Waals surface area contributed by atoms with Gasteiger partial charge in [0.1, 0.15) is 11.5 Å². The molecule has 3 aromatic rings. The van der Waals surface area contributed by atoms with Crippen molar-refractivity contribution in [2.24, 2.45) is 0 Å². The van der Waals surface area contributed by atoms with Crippen molar-refractivity contribution in [1.82, 2.24) is 4.98 Å². The van der Waals surface area contributed by atoms with Crippen molar-refractivity contribution in [2.45, 2.75) is 9.71 Å². The molecule has 0 amide bonds. The van der Waals surface area contributed by atoms with Crippen LogP contribution in [-0.4, -0.2) is 23.0 Å². The van der Waals surface area contributed by atoms with Gasteiger partial charge in [0.15, 0.2) is 0 Å². The summed E-state index contributed by atoms with van der Waals surface area (Å²) < 4.78 is 8.85. The molecule has 0 fully saturated rings. The lowest BCUT2D eigenvalue weighted by Gasteiger charge is -2.25. The number of hydrogen-bond acceptors (Lipinski definition) is 3. The highest BCUT2D eigenvalue weighted by Crippen LogP contribution is 2.46. The van der Waals surface area contributed by atoms with E-state index < -0.39 is 3.79 Å². The van der Waals surface area contributed by atoms with Gasteiger partial charge in [-0.05, 0) is 47.5 Å². The normalized spacial score (nSPS) is 10.7. The van der Waals surface area contributed by atoms with Crippen LogP contribution in [0.5, 0.6) is 11.5 Å². The van der Waals surface area contributed by atoms with Crippen LogP contribution in [0, 0.1) is 0 Å². The first kappa shape index (κ1) is 21.4. The molecule has 2 aromatic carbocycles. The number of methoxy groups -OCH3 is 2. The number of nitrogens with zero attached hydrogens (tertiary/aromatic N) is 1. The molecule has 1 heterocycles. The molecule has 0 saturated heterocycles. The molecule has 6 heteroatoms. The number of pyridine rings is 1. The average molecular weight is 425 g/mol. The van der Waals surface area contributed by atoms with E-state index >= 15 is 0 Å². The largest absolute Gasteiger partial charge is 0.497 e. The fraction of sp³-hybridized carbons (Fsp3) is 0.190. The van der Waals surface area contributed by atoms with Gasteiger partial charge in [-0.25, -0.2) is 0 Å². The topological polar surface area (TPSA) is 31.4 Å². The van der Waals surface area contributed by atoms with Crippen LogP contribution in [0.2, 0.25) is 0 Å². The summed E-state index contributed by atoms with van der Waals surface area (Å²) >= 11 is 18.6. The standard InChI is InChI=1S/C16H15Cl3O2.C5H5N/c1-20-13-7-3-11(4-8-13)15(16(17,18)19)12-5-9-14(21-2)10-6-12;1-2-4-6-5-3-1/h3-10,15H,1-2H3;1-5H. The van der Waals surface area contributed by atoms with E-state index in [0.29, 0.717) is 0 Å². The van der Waals surface area contributed by atoms with Gasteiger partial charge in [-0.15, -0.1) is 0 Å². The summed E-state index contributed by atoms with van der Waals surface area (Å²) in [6.07, 6.45) is 3.50. The lowest BCUT2D eigenvalue weighted by Crippen LogP contribution is -2.18. The minimum Gasteiger partial charge on any atom is -0.497 e. The second kappa shape index (κ2) is 10.4. The van der Waals surface area contributed by atoms with Gasteiger partial charge < -0.3 is 9.47 Å². The third kappa shape index (κ3) is 6.62. The summed E-state index contributed by atoms with van der Waals surface area (Å²) in [6, 6.07) is 20.7. The Bertz CT molecular complexity index is 714. The molecule has 0 radical (unpaired) electrons. The minimum absolute atomic E-state index is 0.376. The number of aromatic nitrogens is 1. The number of ether oxygens (including phenoxy) is 2. The molecule has 0 unspecified atom stereocenters. The van der Waals surface area contributed by atoms with Crippen molar-refractivity contribution in [2.75, 3.05) is 14.2 Å². The van der Waals surface area contributed by atoms with E-state index in [0.717, 1.165) is 22.6 Å². The number of hydrogen-bond donors (Lipinski definition) is 0. The summed E-state index contributed by atoms with van der Waals surface area (Å²) in [5.41, 5.74) is 1.81. The molecule has 0 saturated carbocycles. The third-order valence-electron chi connectivity index (χ3n) is 3.79. The smallest absolute Gasteiger partial charge is 0.201 e. The Labute approximate surface area is 174 Å². The maximum Gasteiger partial charge on any atom is 0.201 e. The summed E-state index contributed by atoms with van der Waals surface area (Å²) in [5.74, 6) is 1.15. The number of halogens is 3. The Morgan fingerprint density at radius 3 is 1.33 bits per heavy atom. The van der Waals surface area contributed by atoms with E-state index in [9.17, 15) is 0 Å². The highest BCUT2D eigenvalue weighted by atomic mass is 35.6. The van der Waals surface area contributed by atoms with Gasteiger partial charge in [-0.1, -0.05) is 65.1 Å². The Morgan fingerprint density at radius 1 is 0.704 bits per heavy atom. The van der Waals surface area contributed by atoms with E-state index in [-0.39, 0.29) is 5.92 Å². The Kier molecular flexibility index (Phi) is 8.23. The van der Waals surface area contributed by atoms with Crippen LogP contribution in [-0.2, 0) is 0 Å². The zero-order valence-electron chi connectivity index (χ0n) is 15.0. The van der Waals surface area contributed by atoms with Crippen molar-refractivity contribution in [3.8, 4) is 11.5 Å². The zero-order valence-corrected chi connectivity index (χ0v) is 17.2. The molecule has 0 aliphatic carbocycles. The highest BCUT2D eigenvalue weighted by molar-refractivity contribution is 6.68. The molecular formula is C21H20Cl3NO2. The monoisotopic (exact) mass is 423 g/mol. The first-order chi connectivity index (χ1) is 13.0. The van der Waals surface area contributed by atoms with Crippen molar-refractivity contribution in [3.63, 3.8) is 0 Å². The maximum absolute atomic E-state index is 6.18. The summed E-state index contributed by atoms with van der Waals surface area (Å²) in [6.45, 7) is 0. The summed E-state index contributed by atoms with van der Waals surface area (Å²) in [7, 11) is 3.23. The Hall–Kier alpha value is -1.94. The molecule has 0 aliphatic heterocycles. The summed E-state index contributed by atoms with van der Waals surface area (Å²) in [4.78, 5) is 3.78. The fourth-order valence-corrected chi connectivity index (χ4v) is 3.23. The number of rotatable bonds is 4. The second-order valence-corrected chi connectivity index (χ2v) is 7.91. The van der Waals surface area contributed by atoms with E-state index in [1.807, 2.05) is 66.7 Å². The molecule has 1 aromatic heterocycles.